The lowest BCUT2D eigenvalue weighted by atomic mass is 10.1. The Morgan fingerprint density at radius 1 is 1.00 bits per heavy atom. The fourth-order valence-corrected chi connectivity index (χ4v) is 3.55. The molecule has 2 aromatic carbocycles. The SMILES string of the molecule is Cc1ccc(CN2CCN(Cc3ccccc3O)CC2CCO)cc1. The van der Waals surface area contributed by atoms with Crippen molar-refractivity contribution in [2.24, 2.45) is 0 Å². The number of piperazine rings is 1. The predicted octanol–water partition coefficient (Wildman–Crippen LogP) is 2.77. The number of phenolic OH excluding ortho intramolecular Hbond substituents is 1. The van der Waals surface area contributed by atoms with E-state index in [0.717, 1.165) is 44.7 Å². The van der Waals surface area contributed by atoms with Crippen LogP contribution in [0, 0.1) is 6.92 Å². The standard InChI is InChI=1S/C21H28N2O2/c1-17-6-8-18(9-7-17)14-23-12-11-22(16-20(23)10-13-24)15-19-4-2-3-5-21(19)25/h2-9,20,24-25H,10-16H2,1H3. The molecule has 1 aliphatic heterocycles. The molecule has 0 amide bonds. The molecule has 1 heterocycles. The number of rotatable bonds is 6. The molecule has 0 saturated carbocycles. The number of aliphatic hydroxyl groups is 1. The van der Waals surface area contributed by atoms with E-state index in [2.05, 4.69) is 41.0 Å². The summed E-state index contributed by atoms with van der Waals surface area (Å²) in [5.41, 5.74) is 3.57. The number of aromatic hydroxyl groups is 1. The summed E-state index contributed by atoms with van der Waals surface area (Å²) in [4.78, 5) is 4.85. The normalized spacial score (nSPS) is 19.2. The number of nitrogens with zero attached hydrogens (tertiary/aromatic N) is 2. The summed E-state index contributed by atoms with van der Waals surface area (Å²) < 4.78 is 0. The molecule has 2 N–H and O–H groups in total. The summed E-state index contributed by atoms with van der Waals surface area (Å²) in [5.74, 6) is 0.364. The minimum Gasteiger partial charge on any atom is -0.508 e. The molecule has 1 unspecified atom stereocenters. The van der Waals surface area contributed by atoms with Crippen LogP contribution in [0.2, 0.25) is 0 Å². The minimum absolute atomic E-state index is 0.208. The van der Waals surface area contributed by atoms with E-state index in [9.17, 15) is 10.2 Å². The number of aliphatic hydroxyl groups excluding tert-OH is 1. The van der Waals surface area contributed by atoms with Gasteiger partial charge in [-0.2, -0.15) is 0 Å². The number of benzene rings is 2. The summed E-state index contributed by atoms with van der Waals surface area (Å²) in [7, 11) is 0. The van der Waals surface area contributed by atoms with E-state index in [4.69, 9.17) is 0 Å². The average Bonchev–Trinajstić information content (AvgIpc) is 2.61. The maximum Gasteiger partial charge on any atom is 0.120 e. The van der Waals surface area contributed by atoms with Gasteiger partial charge in [-0.05, 0) is 25.0 Å². The second-order valence-corrected chi connectivity index (χ2v) is 6.99. The summed E-state index contributed by atoms with van der Waals surface area (Å²) in [6.45, 7) is 6.87. The van der Waals surface area contributed by atoms with Crippen LogP contribution in [0.4, 0.5) is 0 Å². The van der Waals surface area contributed by atoms with E-state index >= 15 is 0 Å². The van der Waals surface area contributed by atoms with Crippen molar-refractivity contribution in [3.63, 3.8) is 0 Å². The fraction of sp³-hybridized carbons (Fsp3) is 0.429. The van der Waals surface area contributed by atoms with Crippen molar-refractivity contribution in [1.29, 1.82) is 0 Å². The monoisotopic (exact) mass is 340 g/mol. The third-order valence-electron chi connectivity index (χ3n) is 5.04. The van der Waals surface area contributed by atoms with Crippen molar-refractivity contribution in [1.82, 2.24) is 9.80 Å². The van der Waals surface area contributed by atoms with Crippen LogP contribution >= 0.6 is 0 Å². The molecule has 4 heteroatoms. The van der Waals surface area contributed by atoms with Gasteiger partial charge in [-0.1, -0.05) is 48.0 Å². The third-order valence-corrected chi connectivity index (χ3v) is 5.04. The molecule has 0 spiro atoms. The zero-order valence-electron chi connectivity index (χ0n) is 14.9. The lowest BCUT2D eigenvalue weighted by Gasteiger charge is -2.41. The van der Waals surface area contributed by atoms with Crippen LogP contribution < -0.4 is 0 Å². The van der Waals surface area contributed by atoms with Gasteiger partial charge >= 0.3 is 0 Å². The molecule has 134 valence electrons. The van der Waals surface area contributed by atoms with E-state index in [0.29, 0.717) is 11.8 Å². The molecule has 0 aliphatic carbocycles. The van der Waals surface area contributed by atoms with Gasteiger partial charge in [0.25, 0.3) is 0 Å². The fourth-order valence-electron chi connectivity index (χ4n) is 3.55. The molecule has 0 aromatic heterocycles. The van der Waals surface area contributed by atoms with Crippen LogP contribution in [-0.2, 0) is 13.1 Å². The quantitative estimate of drug-likeness (QED) is 0.849. The van der Waals surface area contributed by atoms with Gasteiger partial charge in [0.2, 0.25) is 0 Å². The highest BCUT2D eigenvalue weighted by molar-refractivity contribution is 5.31. The van der Waals surface area contributed by atoms with Crippen LogP contribution in [0.1, 0.15) is 23.1 Å². The Bertz CT molecular complexity index is 672. The maximum absolute atomic E-state index is 10.0. The molecule has 4 nitrogen and oxygen atoms in total. The topological polar surface area (TPSA) is 46.9 Å². The molecule has 0 radical (unpaired) electrons. The molecular weight excluding hydrogens is 312 g/mol. The predicted molar refractivity (Wildman–Crippen MR) is 100 cm³/mol. The van der Waals surface area contributed by atoms with Crippen LogP contribution in [0.15, 0.2) is 48.5 Å². The van der Waals surface area contributed by atoms with E-state index in [1.165, 1.54) is 11.1 Å². The number of aryl methyl sites for hydroxylation is 1. The molecule has 1 aliphatic rings. The Hall–Kier alpha value is -1.88. The van der Waals surface area contributed by atoms with Gasteiger partial charge in [-0.3, -0.25) is 9.80 Å². The van der Waals surface area contributed by atoms with Crippen molar-refractivity contribution in [3.05, 3.63) is 65.2 Å². The second kappa shape index (κ2) is 8.48. The largest absolute Gasteiger partial charge is 0.508 e. The van der Waals surface area contributed by atoms with Crippen LogP contribution in [-0.4, -0.2) is 52.3 Å². The third kappa shape index (κ3) is 4.82. The lowest BCUT2D eigenvalue weighted by molar-refractivity contribution is 0.0496. The minimum atomic E-state index is 0.208. The summed E-state index contributed by atoms with van der Waals surface area (Å²) in [6.07, 6.45) is 0.781. The van der Waals surface area contributed by atoms with E-state index < -0.39 is 0 Å². The van der Waals surface area contributed by atoms with Gasteiger partial charge in [0.15, 0.2) is 0 Å². The molecule has 25 heavy (non-hydrogen) atoms. The van der Waals surface area contributed by atoms with Crippen LogP contribution in [0.5, 0.6) is 5.75 Å². The average molecular weight is 340 g/mol. The summed E-state index contributed by atoms with van der Waals surface area (Å²) >= 11 is 0. The molecular formula is C21H28N2O2. The lowest BCUT2D eigenvalue weighted by Crippen LogP contribution is -2.52. The zero-order chi connectivity index (χ0) is 17.6. The first kappa shape index (κ1) is 17.9. The number of para-hydroxylation sites is 1. The molecule has 1 atom stereocenters. The van der Waals surface area contributed by atoms with E-state index in [1.807, 2.05) is 18.2 Å². The Balaban J connectivity index is 1.63. The van der Waals surface area contributed by atoms with Gasteiger partial charge in [-0.15, -0.1) is 0 Å². The van der Waals surface area contributed by atoms with Crippen molar-refractivity contribution < 1.29 is 10.2 Å². The highest BCUT2D eigenvalue weighted by Gasteiger charge is 2.27. The van der Waals surface area contributed by atoms with Gasteiger partial charge < -0.3 is 10.2 Å². The summed E-state index contributed by atoms with van der Waals surface area (Å²) in [6, 6.07) is 16.6. The highest BCUT2D eigenvalue weighted by atomic mass is 16.3. The molecule has 1 saturated heterocycles. The number of hydrogen-bond acceptors (Lipinski definition) is 4. The Morgan fingerprint density at radius 2 is 1.76 bits per heavy atom. The molecule has 2 aromatic rings. The Kier molecular flexibility index (Phi) is 6.08. The van der Waals surface area contributed by atoms with Crippen molar-refractivity contribution in [2.75, 3.05) is 26.2 Å². The number of phenols is 1. The molecule has 3 rings (SSSR count). The first-order valence-electron chi connectivity index (χ1n) is 9.05. The smallest absolute Gasteiger partial charge is 0.120 e. The maximum atomic E-state index is 10.0. The van der Waals surface area contributed by atoms with Gasteiger partial charge in [-0.25, -0.2) is 0 Å². The Labute approximate surface area is 150 Å². The zero-order valence-corrected chi connectivity index (χ0v) is 14.9. The van der Waals surface area contributed by atoms with E-state index in [-0.39, 0.29) is 6.61 Å². The van der Waals surface area contributed by atoms with Gasteiger partial charge in [0.1, 0.15) is 5.75 Å². The van der Waals surface area contributed by atoms with Crippen molar-refractivity contribution in [3.8, 4) is 5.75 Å². The van der Waals surface area contributed by atoms with Gasteiger partial charge in [0.05, 0.1) is 0 Å². The Morgan fingerprint density at radius 3 is 2.48 bits per heavy atom. The first-order valence-corrected chi connectivity index (χ1v) is 9.05. The second-order valence-electron chi connectivity index (χ2n) is 6.99. The van der Waals surface area contributed by atoms with Crippen molar-refractivity contribution >= 4 is 0 Å². The van der Waals surface area contributed by atoms with E-state index in [1.54, 1.807) is 6.07 Å². The van der Waals surface area contributed by atoms with Gasteiger partial charge in [0, 0.05) is 50.9 Å². The van der Waals surface area contributed by atoms with Crippen LogP contribution in [0.25, 0.3) is 0 Å². The highest BCUT2D eigenvalue weighted by Crippen LogP contribution is 2.22. The first-order chi connectivity index (χ1) is 12.2. The van der Waals surface area contributed by atoms with Crippen LogP contribution in [0.3, 0.4) is 0 Å². The summed E-state index contributed by atoms with van der Waals surface area (Å²) in [5, 5.41) is 19.5. The number of hydrogen-bond donors (Lipinski definition) is 2. The van der Waals surface area contributed by atoms with Crippen molar-refractivity contribution in [2.45, 2.75) is 32.5 Å². The molecule has 0 bridgehead atoms. The molecule has 1 fully saturated rings.